The van der Waals surface area contributed by atoms with E-state index < -0.39 is 29.2 Å². The minimum atomic E-state index is -4.75. The average molecular weight is 392 g/mol. The van der Waals surface area contributed by atoms with Crippen LogP contribution >= 0.6 is 0 Å². The Balaban J connectivity index is 1.75. The van der Waals surface area contributed by atoms with Gasteiger partial charge in [-0.05, 0) is 18.2 Å². The Labute approximate surface area is 149 Å². The van der Waals surface area contributed by atoms with Gasteiger partial charge in [-0.2, -0.15) is 26.3 Å². The third kappa shape index (κ3) is 4.34. The molecule has 0 radical (unpaired) electrons. The Morgan fingerprint density at radius 2 is 1.52 bits per heavy atom. The zero-order valence-electron chi connectivity index (χ0n) is 13.7. The Morgan fingerprint density at radius 3 is 2.11 bits per heavy atom. The lowest BCUT2D eigenvalue weighted by atomic mass is 10.1. The molecule has 0 aliphatic carbocycles. The molecule has 1 N–H and O–H groups in total. The number of aromatic amines is 1. The van der Waals surface area contributed by atoms with Crippen molar-refractivity contribution in [3.63, 3.8) is 0 Å². The van der Waals surface area contributed by atoms with E-state index in [2.05, 4.69) is 9.97 Å². The highest BCUT2D eigenvalue weighted by molar-refractivity contribution is 5.51. The van der Waals surface area contributed by atoms with Crippen LogP contribution in [-0.4, -0.2) is 36.1 Å². The second-order valence-electron chi connectivity index (χ2n) is 5.97. The van der Waals surface area contributed by atoms with Gasteiger partial charge >= 0.3 is 12.4 Å². The van der Waals surface area contributed by atoms with Crippen molar-refractivity contribution in [2.75, 3.05) is 36.0 Å². The predicted molar refractivity (Wildman–Crippen MR) is 85.7 cm³/mol. The molecule has 0 spiro atoms. The molecule has 27 heavy (non-hydrogen) atoms. The van der Waals surface area contributed by atoms with E-state index in [4.69, 9.17) is 0 Å². The normalized spacial score (nSPS) is 15.9. The molecule has 0 unspecified atom stereocenters. The Hall–Kier alpha value is -2.72. The number of hydrogen-bond acceptors (Lipinski definition) is 4. The van der Waals surface area contributed by atoms with Crippen LogP contribution in [0.25, 0.3) is 0 Å². The highest BCUT2D eigenvalue weighted by Crippen LogP contribution is 2.32. The SMILES string of the molecule is O=c1cc(C(F)(F)F)nc(N2CCN(c3cccc(C(F)(F)F)c3)CC2)[nH]1. The number of rotatable bonds is 2. The van der Waals surface area contributed by atoms with Crippen molar-refractivity contribution in [3.05, 3.63) is 51.9 Å². The van der Waals surface area contributed by atoms with Gasteiger partial charge in [-0.15, -0.1) is 0 Å². The number of hydrogen-bond donors (Lipinski definition) is 1. The summed E-state index contributed by atoms with van der Waals surface area (Å²) < 4.78 is 76.9. The third-order valence-electron chi connectivity index (χ3n) is 4.14. The second-order valence-corrected chi connectivity index (χ2v) is 5.97. The van der Waals surface area contributed by atoms with Crippen LogP contribution in [0.3, 0.4) is 0 Å². The van der Waals surface area contributed by atoms with Gasteiger partial charge in [0.05, 0.1) is 5.56 Å². The molecular weight excluding hydrogens is 378 g/mol. The molecule has 3 rings (SSSR count). The van der Waals surface area contributed by atoms with E-state index >= 15 is 0 Å². The van der Waals surface area contributed by atoms with Crippen LogP contribution in [0.15, 0.2) is 35.1 Å². The summed E-state index contributed by atoms with van der Waals surface area (Å²) in [4.78, 5) is 20.3. The first-order valence-electron chi connectivity index (χ1n) is 7.90. The van der Waals surface area contributed by atoms with Crippen LogP contribution in [0.1, 0.15) is 11.3 Å². The molecule has 5 nitrogen and oxygen atoms in total. The first-order chi connectivity index (χ1) is 12.5. The molecule has 2 aromatic rings. The lowest BCUT2D eigenvalue weighted by Gasteiger charge is -2.36. The summed E-state index contributed by atoms with van der Waals surface area (Å²) in [6.07, 6.45) is -9.21. The number of piperazine rings is 1. The van der Waals surface area contributed by atoms with Crippen molar-refractivity contribution < 1.29 is 26.3 Å². The largest absolute Gasteiger partial charge is 0.433 e. The topological polar surface area (TPSA) is 52.2 Å². The van der Waals surface area contributed by atoms with Gasteiger partial charge in [0.25, 0.3) is 5.56 Å². The number of aromatic nitrogens is 2. The Bertz CT molecular complexity index is 868. The number of halogens is 6. The van der Waals surface area contributed by atoms with Gasteiger partial charge in [0.15, 0.2) is 5.69 Å². The monoisotopic (exact) mass is 392 g/mol. The number of benzene rings is 1. The minimum absolute atomic E-state index is 0.195. The van der Waals surface area contributed by atoms with Crippen LogP contribution in [0.2, 0.25) is 0 Å². The quantitative estimate of drug-likeness (QED) is 0.798. The highest BCUT2D eigenvalue weighted by atomic mass is 19.4. The summed E-state index contributed by atoms with van der Waals surface area (Å²) in [5.41, 5.74) is -2.62. The first kappa shape index (κ1) is 19.1. The van der Waals surface area contributed by atoms with E-state index in [1.807, 2.05) is 0 Å². The van der Waals surface area contributed by atoms with Crippen LogP contribution in [0.4, 0.5) is 38.0 Å². The van der Waals surface area contributed by atoms with Crippen molar-refractivity contribution in [2.24, 2.45) is 0 Å². The third-order valence-corrected chi connectivity index (χ3v) is 4.14. The van der Waals surface area contributed by atoms with Gasteiger partial charge in [-0.3, -0.25) is 9.78 Å². The number of nitrogens with one attached hydrogen (secondary N) is 1. The Kier molecular flexibility index (Phi) is 4.79. The molecule has 1 saturated heterocycles. The fourth-order valence-electron chi connectivity index (χ4n) is 2.80. The van der Waals surface area contributed by atoms with Crippen molar-refractivity contribution in [3.8, 4) is 0 Å². The predicted octanol–water partition coefficient (Wildman–Crippen LogP) is 3.13. The number of H-pyrrole nitrogens is 1. The number of alkyl halides is 6. The summed E-state index contributed by atoms with van der Waals surface area (Å²) in [7, 11) is 0. The maximum Gasteiger partial charge on any atom is 0.433 e. The fourth-order valence-corrected chi connectivity index (χ4v) is 2.80. The molecule has 0 atom stereocenters. The van der Waals surface area contributed by atoms with E-state index in [0.29, 0.717) is 11.8 Å². The van der Waals surface area contributed by atoms with Crippen molar-refractivity contribution in [2.45, 2.75) is 12.4 Å². The molecule has 1 fully saturated rings. The molecule has 1 aromatic heterocycles. The van der Waals surface area contributed by atoms with Crippen molar-refractivity contribution in [1.82, 2.24) is 9.97 Å². The molecule has 11 heteroatoms. The fraction of sp³-hybridized carbons (Fsp3) is 0.375. The van der Waals surface area contributed by atoms with Crippen LogP contribution in [0.5, 0.6) is 0 Å². The summed E-state index contributed by atoms with van der Waals surface area (Å²) >= 11 is 0. The molecule has 146 valence electrons. The molecule has 2 heterocycles. The first-order valence-corrected chi connectivity index (χ1v) is 7.90. The second kappa shape index (κ2) is 6.78. The maximum atomic E-state index is 12.8. The van der Waals surface area contributed by atoms with Gasteiger partial charge < -0.3 is 9.80 Å². The highest BCUT2D eigenvalue weighted by Gasteiger charge is 2.34. The van der Waals surface area contributed by atoms with Crippen LogP contribution in [0, 0.1) is 0 Å². The maximum absolute atomic E-state index is 12.8. The molecule has 1 aliphatic rings. The molecule has 0 amide bonds. The number of anilines is 2. The van der Waals surface area contributed by atoms with Gasteiger partial charge in [-0.25, -0.2) is 4.98 Å². The van der Waals surface area contributed by atoms with Gasteiger partial charge in [0, 0.05) is 37.9 Å². The van der Waals surface area contributed by atoms with Gasteiger partial charge in [0.2, 0.25) is 5.95 Å². The zero-order valence-corrected chi connectivity index (χ0v) is 13.7. The lowest BCUT2D eigenvalue weighted by Crippen LogP contribution is -2.47. The number of nitrogens with zero attached hydrogens (tertiary/aromatic N) is 3. The molecule has 1 aliphatic heterocycles. The van der Waals surface area contributed by atoms with E-state index in [0.717, 1.165) is 12.1 Å². The van der Waals surface area contributed by atoms with Crippen molar-refractivity contribution in [1.29, 1.82) is 0 Å². The van der Waals surface area contributed by atoms with Crippen LogP contribution in [-0.2, 0) is 12.4 Å². The zero-order chi connectivity index (χ0) is 19.8. The van der Waals surface area contributed by atoms with E-state index in [9.17, 15) is 31.1 Å². The van der Waals surface area contributed by atoms with E-state index in [-0.39, 0.29) is 32.1 Å². The standard InChI is InChI=1S/C16H14F6N4O/c17-15(18,19)10-2-1-3-11(8-10)25-4-6-26(7-5-25)14-23-12(16(20,21)22)9-13(27)24-14/h1-3,8-9H,4-7H2,(H,23,24,27). The molecule has 1 aromatic carbocycles. The molecular formula is C16H14F6N4O. The molecule has 0 bridgehead atoms. The summed E-state index contributed by atoms with van der Waals surface area (Å²) in [5.74, 6) is -0.210. The average Bonchev–Trinajstić information content (AvgIpc) is 2.60. The summed E-state index contributed by atoms with van der Waals surface area (Å²) in [6, 6.07) is 5.21. The lowest BCUT2D eigenvalue weighted by molar-refractivity contribution is -0.141. The van der Waals surface area contributed by atoms with Crippen molar-refractivity contribution >= 4 is 11.6 Å². The van der Waals surface area contributed by atoms with E-state index in [1.54, 1.807) is 4.90 Å². The van der Waals surface area contributed by atoms with E-state index in [1.165, 1.54) is 17.0 Å². The van der Waals surface area contributed by atoms with Crippen LogP contribution < -0.4 is 15.4 Å². The minimum Gasteiger partial charge on any atom is -0.368 e. The smallest absolute Gasteiger partial charge is 0.368 e. The van der Waals surface area contributed by atoms with Gasteiger partial charge in [0.1, 0.15) is 0 Å². The summed E-state index contributed by atoms with van der Waals surface area (Å²) in [6.45, 7) is 0.920. The van der Waals surface area contributed by atoms with Gasteiger partial charge in [-0.1, -0.05) is 6.07 Å². The molecule has 0 saturated carbocycles. The summed E-state index contributed by atoms with van der Waals surface area (Å²) in [5, 5.41) is 0. The Morgan fingerprint density at radius 1 is 0.889 bits per heavy atom.